The van der Waals surface area contributed by atoms with Crippen LogP contribution in [-0.2, 0) is 0 Å². The van der Waals surface area contributed by atoms with Gasteiger partial charge in [0.2, 0.25) is 5.71 Å². The zero-order valence-electron chi connectivity index (χ0n) is 11.6. The van der Waals surface area contributed by atoms with E-state index in [1.165, 1.54) is 6.33 Å². The highest BCUT2D eigenvalue weighted by Gasteiger charge is 2.15. The molecule has 1 N–H and O–H groups in total. The molecule has 0 fully saturated rings. The van der Waals surface area contributed by atoms with Crippen LogP contribution in [0.25, 0.3) is 22.2 Å². The van der Waals surface area contributed by atoms with Crippen molar-refractivity contribution in [2.75, 3.05) is 5.32 Å². The zero-order valence-corrected chi connectivity index (χ0v) is 11.6. The van der Waals surface area contributed by atoms with Crippen LogP contribution in [0, 0.1) is 0 Å². The van der Waals surface area contributed by atoms with Crippen LogP contribution in [0.5, 0.6) is 0 Å². The van der Waals surface area contributed by atoms with Gasteiger partial charge in [-0.15, -0.1) is 0 Å². The molecule has 4 nitrogen and oxygen atoms in total. The fourth-order valence-corrected chi connectivity index (χ4v) is 2.15. The highest BCUT2D eigenvalue weighted by molar-refractivity contribution is 5.99. The summed E-state index contributed by atoms with van der Waals surface area (Å²) in [6, 6.07) is 10.5. The second-order valence-electron chi connectivity index (χ2n) is 4.87. The Morgan fingerprint density at radius 3 is 2.75 bits per heavy atom. The van der Waals surface area contributed by atoms with Crippen LogP contribution < -0.4 is 5.32 Å². The van der Waals surface area contributed by atoms with Gasteiger partial charge in [0.15, 0.2) is 0 Å². The third-order valence-corrected chi connectivity index (χ3v) is 3.45. The number of nitrogens with zero attached hydrogens (tertiary/aromatic N) is 2. The molecule has 0 amide bonds. The molecular formula is C16H17N3O. The van der Waals surface area contributed by atoms with Crippen molar-refractivity contribution in [1.29, 1.82) is 0 Å². The summed E-state index contributed by atoms with van der Waals surface area (Å²) in [6.45, 7) is 4.28. The summed E-state index contributed by atoms with van der Waals surface area (Å²) in [5, 5.41) is 4.36. The van der Waals surface area contributed by atoms with Crippen LogP contribution in [0.15, 0.2) is 47.3 Å². The van der Waals surface area contributed by atoms with E-state index in [0.717, 1.165) is 28.8 Å². The molecule has 0 saturated carbocycles. The molecule has 2 aromatic heterocycles. The van der Waals surface area contributed by atoms with E-state index < -0.39 is 0 Å². The lowest BCUT2D eigenvalue weighted by molar-refractivity contribution is 0.603. The Bertz CT molecular complexity index is 706. The lowest BCUT2D eigenvalue weighted by atomic mass is 10.1. The second-order valence-corrected chi connectivity index (χ2v) is 4.87. The third kappa shape index (κ3) is 2.25. The van der Waals surface area contributed by atoms with Gasteiger partial charge in [0.05, 0.1) is 5.39 Å². The van der Waals surface area contributed by atoms with E-state index in [2.05, 4.69) is 41.3 Å². The number of rotatable bonds is 4. The summed E-state index contributed by atoms with van der Waals surface area (Å²) in [4.78, 5) is 8.57. The van der Waals surface area contributed by atoms with Gasteiger partial charge in [-0.05, 0) is 18.9 Å². The number of hydrogen-bond donors (Lipinski definition) is 1. The molecule has 3 rings (SSSR count). The number of aromatic nitrogens is 2. The number of hydrogen-bond acceptors (Lipinski definition) is 4. The molecule has 0 aliphatic rings. The molecule has 2 heterocycles. The van der Waals surface area contributed by atoms with E-state index in [0.29, 0.717) is 11.8 Å². The first kappa shape index (κ1) is 12.7. The van der Waals surface area contributed by atoms with Gasteiger partial charge in [-0.1, -0.05) is 37.3 Å². The van der Waals surface area contributed by atoms with Gasteiger partial charge in [0.25, 0.3) is 0 Å². The Hall–Kier alpha value is -2.36. The van der Waals surface area contributed by atoms with Gasteiger partial charge in [0, 0.05) is 11.6 Å². The summed E-state index contributed by atoms with van der Waals surface area (Å²) in [7, 11) is 0. The smallest absolute Gasteiger partial charge is 0.231 e. The van der Waals surface area contributed by atoms with E-state index in [-0.39, 0.29) is 0 Å². The maximum Gasteiger partial charge on any atom is 0.231 e. The molecule has 102 valence electrons. The maximum absolute atomic E-state index is 5.57. The minimum absolute atomic E-state index is 0.353. The van der Waals surface area contributed by atoms with Gasteiger partial charge in [-0.3, -0.25) is 0 Å². The number of furan rings is 1. The maximum atomic E-state index is 5.57. The highest BCUT2D eigenvalue weighted by atomic mass is 16.3. The van der Waals surface area contributed by atoms with Crippen molar-refractivity contribution in [3.63, 3.8) is 0 Å². The van der Waals surface area contributed by atoms with Crippen molar-refractivity contribution in [2.24, 2.45) is 0 Å². The van der Waals surface area contributed by atoms with E-state index in [4.69, 9.17) is 4.42 Å². The Morgan fingerprint density at radius 1 is 1.20 bits per heavy atom. The van der Waals surface area contributed by atoms with Crippen molar-refractivity contribution in [3.05, 3.63) is 42.9 Å². The van der Waals surface area contributed by atoms with E-state index in [1.807, 2.05) is 18.2 Å². The fourth-order valence-electron chi connectivity index (χ4n) is 2.15. The molecule has 0 aliphatic carbocycles. The Balaban J connectivity index is 2.14. The quantitative estimate of drug-likeness (QED) is 0.773. The number of anilines is 1. The van der Waals surface area contributed by atoms with Crippen molar-refractivity contribution < 1.29 is 4.42 Å². The van der Waals surface area contributed by atoms with Crippen LogP contribution in [0.2, 0.25) is 0 Å². The molecule has 1 unspecified atom stereocenters. The lowest BCUT2D eigenvalue weighted by Gasteiger charge is -2.12. The molecule has 3 aromatic rings. The van der Waals surface area contributed by atoms with Gasteiger partial charge in [-0.2, -0.15) is 0 Å². The number of nitrogens with one attached hydrogen (secondary N) is 1. The van der Waals surface area contributed by atoms with Crippen LogP contribution in [0.1, 0.15) is 20.3 Å². The Kier molecular flexibility index (Phi) is 3.37. The summed E-state index contributed by atoms with van der Waals surface area (Å²) in [6.07, 6.45) is 4.31. The topological polar surface area (TPSA) is 51.0 Å². The number of benzene rings is 1. The van der Waals surface area contributed by atoms with Crippen molar-refractivity contribution in [3.8, 4) is 11.1 Å². The lowest BCUT2D eigenvalue weighted by Crippen LogP contribution is -2.14. The average molecular weight is 267 g/mol. The first-order valence-corrected chi connectivity index (χ1v) is 6.83. The summed E-state index contributed by atoms with van der Waals surface area (Å²) in [5.41, 5.74) is 2.74. The van der Waals surface area contributed by atoms with Crippen molar-refractivity contribution in [2.45, 2.75) is 26.3 Å². The molecule has 4 heteroatoms. The predicted octanol–water partition coefficient (Wildman–Crippen LogP) is 4.10. The minimum atomic E-state index is 0.353. The van der Waals surface area contributed by atoms with Crippen LogP contribution >= 0.6 is 0 Å². The standard InChI is InChI=1S/C16H17N3O/c1-3-11(2)19-15-14-13(12-7-5-4-6-8-12)9-20-16(14)18-10-17-15/h4-11H,3H2,1-2H3,(H,17,18,19). The molecule has 0 bridgehead atoms. The van der Waals surface area contributed by atoms with E-state index in [9.17, 15) is 0 Å². The largest absolute Gasteiger partial charge is 0.445 e. The molecule has 20 heavy (non-hydrogen) atoms. The molecule has 0 radical (unpaired) electrons. The van der Waals surface area contributed by atoms with E-state index in [1.54, 1.807) is 6.26 Å². The third-order valence-electron chi connectivity index (χ3n) is 3.45. The van der Waals surface area contributed by atoms with Crippen LogP contribution in [0.3, 0.4) is 0 Å². The monoisotopic (exact) mass is 267 g/mol. The fraction of sp³-hybridized carbons (Fsp3) is 0.250. The minimum Gasteiger partial charge on any atom is -0.445 e. The first-order valence-electron chi connectivity index (χ1n) is 6.83. The predicted molar refractivity (Wildman–Crippen MR) is 80.6 cm³/mol. The molecule has 1 atom stereocenters. The van der Waals surface area contributed by atoms with Crippen LogP contribution in [-0.4, -0.2) is 16.0 Å². The van der Waals surface area contributed by atoms with Gasteiger partial charge in [0.1, 0.15) is 18.4 Å². The van der Waals surface area contributed by atoms with Gasteiger partial charge < -0.3 is 9.73 Å². The molecule has 0 spiro atoms. The Labute approximate surface area is 117 Å². The second kappa shape index (κ2) is 5.33. The van der Waals surface area contributed by atoms with Crippen molar-refractivity contribution >= 4 is 16.9 Å². The summed E-state index contributed by atoms with van der Waals surface area (Å²) in [5.74, 6) is 0.831. The van der Waals surface area contributed by atoms with E-state index >= 15 is 0 Å². The number of fused-ring (bicyclic) bond motifs is 1. The van der Waals surface area contributed by atoms with Gasteiger partial charge in [-0.25, -0.2) is 9.97 Å². The van der Waals surface area contributed by atoms with Gasteiger partial charge >= 0.3 is 0 Å². The summed E-state index contributed by atoms with van der Waals surface area (Å²) < 4.78 is 5.57. The first-order chi connectivity index (χ1) is 9.79. The van der Waals surface area contributed by atoms with Crippen molar-refractivity contribution in [1.82, 2.24) is 9.97 Å². The Morgan fingerprint density at radius 2 is 2.00 bits per heavy atom. The summed E-state index contributed by atoms with van der Waals surface area (Å²) >= 11 is 0. The molecule has 0 saturated heterocycles. The van der Waals surface area contributed by atoms with Crippen LogP contribution in [0.4, 0.5) is 5.82 Å². The SMILES string of the molecule is CCC(C)Nc1ncnc2occ(-c3ccccc3)c12. The zero-order chi connectivity index (χ0) is 13.9. The average Bonchev–Trinajstić information content (AvgIpc) is 2.93. The highest BCUT2D eigenvalue weighted by Crippen LogP contribution is 2.33. The normalized spacial score (nSPS) is 12.5. The molecule has 0 aliphatic heterocycles. The molecular weight excluding hydrogens is 250 g/mol. The molecule has 1 aromatic carbocycles.